The van der Waals surface area contributed by atoms with Gasteiger partial charge >= 0.3 is 0 Å². The van der Waals surface area contributed by atoms with E-state index < -0.39 is 0 Å². The minimum Gasteiger partial charge on any atom is -0.310 e. The van der Waals surface area contributed by atoms with E-state index in [1.165, 1.54) is 12.8 Å². The van der Waals surface area contributed by atoms with Crippen molar-refractivity contribution in [2.24, 2.45) is 5.92 Å². The van der Waals surface area contributed by atoms with Crippen molar-refractivity contribution in [1.82, 2.24) is 5.32 Å². The largest absolute Gasteiger partial charge is 0.310 e. The number of hydrogen-bond acceptors (Lipinski definition) is 2. The van der Waals surface area contributed by atoms with E-state index in [0.29, 0.717) is 24.3 Å². The summed E-state index contributed by atoms with van der Waals surface area (Å²) in [7, 11) is 0. The van der Waals surface area contributed by atoms with Crippen LogP contribution in [0, 0.1) is 5.92 Å². The summed E-state index contributed by atoms with van der Waals surface area (Å²) in [5.41, 5.74) is 1.15. The molecule has 84 valence electrons. The quantitative estimate of drug-likeness (QED) is 0.835. The minimum atomic E-state index is 0.277. The van der Waals surface area contributed by atoms with Gasteiger partial charge in [0.2, 0.25) is 0 Å². The summed E-state index contributed by atoms with van der Waals surface area (Å²) in [6.07, 6.45) is 4.13. The predicted octanol–water partition coefficient (Wildman–Crippen LogP) is 1.94. The van der Waals surface area contributed by atoms with Gasteiger partial charge in [0.05, 0.1) is 0 Å². The van der Waals surface area contributed by atoms with Crippen LogP contribution in [-0.4, -0.2) is 17.9 Å². The topological polar surface area (TPSA) is 29.1 Å². The fourth-order valence-corrected chi connectivity index (χ4v) is 3.11. The van der Waals surface area contributed by atoms with E-state index in [1.54, 1.807) is 0 Å². The molecule has 1 N–H and O–H groups in total. The lowest BCUT2D eigenvalue weighted by atomic mass is 9.84. The zero-order valence-electron chi connectivity index (χ0n) is 9.36. The molecule has 0 aliphatic carbocycles. The fourth-order valence-electron chi connectivity index (χ4n) is 3.11. The second kappa shape index (κ2) is 4.02. The maximum Gasteiger partial charge on any atom is 0.141 e. The van der Waals surface area contributed by atoms with Crippen molar-refractivity contribution >= 4 is 5.78 Å². The molecule has 2 bridgehead atoms. The minimum absolute atomic E-state index is 0.277. The van der Waals surface area contributed by atoms with E-state index >= 15 is 0 Å². The van der Waals surface area contributed by atoms with Gasteiger partial charge in [-0.05, 0) is 24.8 Å². The summed E-state index contributed by atoms with van der Waals surface area (Å²) in [5.74, 6) is 0.699. The molecule has 1 aromatic rings. The Morgan fingerprint density at radius 3 is 2.69 bits per heavy atom. The molecule has 2 heteroatoms. The summed E-state index contributed by atoms with van der Waals surface area (Å²) in [5, 5.41) is 3.52. The average Bonchev–Trinajstić information content (AvgIpc) is 2.92. The number of benzene rings is 1. The van der Waals surface area contributed by atoms with Gasteiger partial charge in [-0.25, -0.2) is 0 Å². The van der Waals surface area contributed by atoms with E-state index in [0.717, 1.165) is 12.0 Å². The van der Waals surface area contributed by atoms with Crippen LogP contribution in [0.2, 0.25) is 0 Å². The molecule has 2 heterocycles. The second-order valence-corrected chi connectivity index (χ2v) is 5.02. The van der Waals surface area contributed by atoms with Crippen LogP contribution >= 0.6 is 0 Å². The first-order chi connectivity index (χ1) is 7.83. The smallest absolute Gasteiger partial charge is 0.141 e. The van der Waals surface area contributed by atoms with E-state index in [2.05, 4.69) is 5.32 Å². The molecule has 0 radical (unpaired) electrons. The Morgan fingerprint density at radius 1 is 1.25 bits per heavy atom. The monoisotopic (exact) mass is 215 g/mol. The summed E-state index contributed by atoms with van der Waals surface area (Å²) < 4.78 is 0. The van der Waals surface area contributed by atoms with E-state index in [1.807, 2.05) is 30.3 Å². The van der Waals surface area contributed by atoms with Crippen molar-refractivity contribution in [2.75, 3.05) is 0 Å². The molecular weight excluding hydrogens is 198 g/mol. The molecule has 3 unspecified atom stereocenters. The van der Waals surface area contributed by atoms with Crippen LogP contribution in [0.15, 0.2) is 30.3 Å². The molecule has 0 saturated carbocycles. The van der Waals surface area contributed by atoms with Crippen LogP contribution in [0.4, 0.5) is 0 Å². The highest BCUT2D eigenvalue weighted by atomic mass is 16.1. The molecular formula is C14H17NO. The van der Waals surface area contributed by atoms with Crippen molar-refractivity contribution < 1.29 is 4.79 Å². The van der Waals surface area contributed by atoms with Crippen LogP contribution in [-0.2, 0) is 11.2 Å². The fraction of sp³-hybridized carbons (Fsp3) is 0.500. The molecule has 1 aromatic carbocycles. The number of carbonyl (C=O) groups is 1. The molecule has 0 aromatic heterocycles. The Morgan fingerprint density at radius 2 is 2.06 bits per heavy atom. The predicted molar refractivity (Wildman–Crippen MR) is 63.2 cm³/mol. The first-order valence-electron chi connectivity index (χ1n) is 6.15. The number of carbonyl (C=O) groups excluding carboxylic acids is 1. The number of rotatable bonds is 3. The van der Waals surface area contributed by atoms with Crippen molar-refractivity contribution in [3.05, 3.63) is 35.9 Å². The van der Waals surface area contributed by atoms with Gasteiger partial charge in [-0.2, -0.15) is 0 Å². The van der Waals surface area contributed by atoms with E-state index in [-0.39, 0.29) is 5.92 Å². The second-order valence-electron chi connectivity index (χ2n) is 5.02. The van der Waals surface area contributed by atoms with Gasteiger partial charge < -0.3 is 5.32 Å². The molecule has 2 aliphatic heterocycles. The van der Waals surface area contributed by atoms with Crippen LogP contribution < -0.4 is 5.32 Å². The lowest BCUT2D eigenvalue weighted by molar-refractivity contribution is -0.122. The molecule has 2 saturated heterocycles. The van der Waals surface area contributed by atoms with Gasteiger partial charge in [0, 0.05) is 24.4 Å². The maximum atomic E-state index is 12.2. The molecule has 16 heavy (non-hydrogen) atoms. The zero-order chi connectivity index (χ0) is 11.0. The first kappa shape index (κ1) is 10.0. The Bertz CT molecular complexity index is 387. The number of hydrogen-bond donors (Lipinski definition) is 1. The maximum absolute atomic E-state index is 12.2. The summed E-state index contributed by atoms with van der Waals surface area (Å²) >= 11 is 0. The lowest BCUT2D eigenvalue weighted by Crippen LogP contribution is -2.29. The van der Waals surface area contributed by atoms with Crippen molar-refractivity contribution in [3.63, 3.8) is 0 Å². The average molecular weight is 215 g/mol. The number of ketones is 1. The van der Waals surface area contributed by atoms with Gasteiger partial charge in [0.25, 0.3) is 0 Å². The number of nitrogens with one attached hydrogen (secondary N) is 1. The van der Waals surface area contributed by atoms with Gasteiger partial charge in [0.15, 0.2) is 0 Å². The third kappa shape index (κ3) is 1.78. The Kier molecular flexibility index (Phi) is 2.52. The van der Waals surface area contributed by atoms with Gasteiger partial charge in [-0.15, -0.1) is 0 Å². The highest BCUT2D eigenvalue weighted by Crippen LogP contribution is 2.34. The molecule has 0 spiro atoms. The van der Waals surface area contributed by atoms with E-state index in [9.17, 15) is 4.79 Å². The highest BCUT2D eigenvalue weighted by molar-refractivity contribution is 5.84. The normalized spacial score (nSPS) is 31.9. The third-order valence-electron chi connectivity index (χ3n) is 3.93. The van der Waals surface area contributed by atoms with Crippen LogP contribution in [0.5, 0.6) is 0 Å². The molecule has 2 fully saturated rings. The third-order valence-corrected chi connectivity index (χ3v) is 3.93. The molecule has 3 atom stereocenters. The zero-order valence-corrected chi connectivity index (χ0v) is 9.36. The van der Waals surface area contributed by atoms with Gasteiger partial charge in [0.1, 0.15) is 5.78 Å². The highest BCUT2D eigenvalue weighted by Gasteiger charge is 2.42. The van der Waals surface area contributed by atoms with E-state index in [4.69, 9.17) is 0 Å². The number of Topliss-reactive ketones (excluding diaryl/α,β-unsaturated/α-hetero) is 1. The van der Waals surface area contributed by atoms with Crippen LogP contribution in [0.1, 0.15) is 24.8 Å². The van der Waals surface area contributed by atoms with Crippen molar-refractivity contribution in [2.45, 2.75) is 37.8 Å². The lowest BCUT2D eigenvalue weighted by Gasteiger charge is -2.18. The van der Waals surface area contributed by atoms with Crippen molar-refractivity contribution in [3.8, 4) is 0 Å². The van der Waals surface area contributed by atoms with Crippen LogP contribution in [0.25, 0.3) is 0 Å². The Balaban J connectivity index is 1.66. The standard InChI is InChI=1S/C14H17NO/c16-14(8-10-4-2-1-3-5-10)12-9-11-6-7-13(12)15-11/h1-5,11-13,15H,6-9H2. The molecule has 2 nitrogen and oxygen atoms in total. The Hall–Kier alpha value is -1.15. The first-order valence-corrected chi connectivity index (χ1v) is 6.15. The molecule has 2 aliphatic rings. The summed E-state index contributed by atoms with van der Waals surface area (Å²) in [6, 6.07) is 11.2. The van der Waals surface area contributed by atoms with Gasteiger partial charge in [-0.1, -0.05) is 30.3 Å². The summed E-state index contributed by atoms with van der Waals surface area (Å²) in [4.78, 5) is 12.2. The SMILES string of the molecule is O=C(Cc1ccccc1)C1CC2CCC1N2. The summed E-state index contributed by atoms with van der Waals surface area (Å²) in [6.45, 7) is 0. The van der Waals surface area contributed by atoms with Crippen LogP contribution in [0.3, 0.4) is 0 Å². The molecule has 0 amide bonds. The van der Waals surface area contributed by atoms with Crippen molar-refractivity contribution in [1.29, 1.82) is 0 Å². The Labute approximate surface area is 96.1 Å². The van der Waals surface area contributed by atoms with Gasteiger partial charge in [-0.3, -0.25) is 4.79 Å². The molecule has 3 rings (SSSR count). The number of fused-ring (bicyclic) bond motifs is 2.